The summed E-state index contributed by atoms with van der Waals surface area (Å²) >= 11 is 9.27. The lowest BCUT2D eigenvalue weighted by Gasteiger charge is -2.17. The van der Waals surface area contributed by atoms with Gasteiger partial charge in [0.15, 0.2) is 5.75 Å². The number of halogens is 2. The molecule has 17 heavy (non-hydrogen) atoms. The van der Waals surface area contributed by atoms with Crippen LogP contribution in [0.4, 0.5) is 5.69 Å². The van der Waals surface area contributed by atoms with Gasteiger partial charge >= 0.3 is 5.97 Å². The molecule has 94 valence electrons. The highest BCUT2D eigenvalue weighted by molar-refractivity contribution is 9.10. The first-order valence-electron chi connectivity index (χ1n) is 4.87. The topological polar surface area (TPSA) is 47.6 Å². The Morgan fingerprint density at radius 3 is 2.65 bits per heavy atom. The van der Waals surface area contributed by atoms with Crippen molar-refractivity contribution in [1.29, 1.82) is 0 Å². The second-order valence-corrected chi connectivity index (χ2v) is 4.65. The number of carbonyl (C=O) groups is 1. The Morgan fingerprint density at radius 1 is 1.47 bits per heavy atom. The summed E-state index contributed by atoms with van der Waals surface area (Å²) in [6, 6.07) is 2.91. The molecule has 0 saturated heterocycles. The lowest BCUT2D eigenvalue weighted by Crippen LogP contribution is -2.27. The summed E-state index contributed by atoms with van der Waals surface area (Å²) in [7, 11) is 2.88. The highest BCUT2D eigenvalue weighted by Crippen LogP contribution is 2.36. The van der Waals surface area contributed by atoms with Crippen molar-refractivity contribution in [2.24, 2.45) is 0 Å². The van der Waals surface area contributed by atoms with Gasteiger partial charge in [-0.2, -0.15) is 0 Å². The zero-order valence-corrected chi connectivity index (χ0v) is 12.1. The fraction of sp³-hybridized carbons (Fsp3) is 0.364. The van der Waals surface area contributed by atoms with E-state index in [-0.39, 0.29) is 5.97 Å². The Labute approximate surface area is 113 Å². The van der Waals surface area contributed by atoms with E-state index in [1.807, 2.05) is 0 Å². The Kier molecular flexibility index (Phi) is 5.08. The van der Waals surface area contributed by atoms with E-state index in [0.717, 1.165) is 0 Å². The molecule has 1 rings (SSSR count). The number of benzene rings is 1. The predicted octanol–water partition coefficient (Wildman–Crippen LogP) is 3.08. The Morgan fingerprint density at radius 2 is 2.12 bits per heavy atom. The third-order valence-electron chi connectivity index (χ3n) is 2.14. The monoisotopic (exact) mass is 321 g/mol. The number of methoxy groups -OCH3 is 2. The Hall–Kier alpha value is -0.940. The minimum Gasteiger partial charge on any atom is -0.493 e. The van der Waals surface area contributed by atoms with Gasteiger partial charge in [0, 0.05) is 5.02 Å². The number of esters is 1. The number of nitrogens with one attached hydrogen (secondary N) is 1. The van der Waals surface area contributed by atoms with E-state index in [1.165, 1.54) is 7.11 Å². The number of carbonyl (C=O) groups excluding carboxylic acids is 1. The van der Waals surface area contributed by atoms with Crippen molar-refractivity contribution >= 4 is 39.2 Å². The van der Waals surface area contributed by atoms with E-state index in [4.69, 9.17) is 16.3 Å². The molecule has 0 amide bonds. The molecule has 1 aromatic rings. The molecular formula is C11H13BrClNO3. The van der Waals surface area contributed by atoms with Crippen LogP contribution in [0, 0.1) is 0 Å². The number of anilines is 1. The maximum Gasteiger partial charge on any atom is 0.327 e. The van der Waals surface area contributed by atoms with Gasteiger partial charge in [0.05, 0.1) is 24.4 Å². The van der Waals surface area contributed by atoms with Crippen molar-refractivity contribution in [3.05, 3.63) is 21.6 Å². The minimum atomic E-state index is -0.487. The van der Waals surface area contributed by atoms with Crippen LogP contribution in [-0.4, -0.2) is 26.2 Å². The van der Waals surface area contributed by atoms with Crippen LogP contribution >= 0.6 is 27.5 Å². The van der Waals surface area contributed by atoms with Gasteiger partial charge in [-0.25, -0.2) is 4.79 Å². The number of rotatable bonds is 4. The molecule has 0 aliphatic carbocycles. The largest absolute Gasteiger partial charge is 0.493 e. The highest BCUT2D eigenvalue weighted by Gasteiger charge is 2.16. The molecule has 0 radical (unpaired) electrons. The molecule has 0 fully saturated rings. The molecule has 0 heterocycles. The fourth-order valence-electron chi connectivity index (χ4n) is 1.34. The van der Waals surface area contributed by atoms with Crippen LogP contribution < -0.4 is 10.1 Å². The summed E-state index contributed by atoms with van der Waals surface area (Å²) in [6.45, 7) is 1.69. The van der Waals surface area contributed by atoms with Crippen molar-refractivity contribution in [2.75, 3.05) is 19.5 Å². The lowest BCUT2D eigenvalue weighted by molar-refractivity contribution is -0.141. The average molecular weight is 323 g/mol. The Balaban J connectivity index is 3.01. The smallest absolute Gasteiger partial charge is 0.327 e. The molecule has 4 nitrogen and oxygen atoms in total. The summed E-state index contributed by atoms with van der Waals surface area (Å²) in [5, 5.41) is 3.52. The van der Waals surface area contributed by atoms with Crippen molar-refractivity contribution in [2.45, 2.75) is 13.0 Å². The lowest BCUT2D eigenvalue weighted by atomic mass is 10.2. The molecule has 0 saturated carbocycles. The normalized spacial score (nSPS) is 11.8. The van der Waals surface area contributed by atoms with Crippen molar-refractivity contribution in [3.63, 3.8) is 0 Å². The first-order valence-corrected chi connectivity index (χ1v) is 6.04. The van der Waals surface area contributed by atoms with E-state index in [9.17, 15) is 4.79 Å². The van der Waals surface area contributed by atoms with E-state index < -0.39 is 6.04 Å². The summed E-state index contributed by atoms with van der Waals surface area (Å²) in [5.41, 5.74) is 0.629. The molecule has 0 aliphatic heterocycles. The zero-order chi connectivity index (χ0) is 13.0. The fourth-order valence-corrected chi connectivity index (χ4v) is 2.32. The minimum absolute atomic E-state index is 0.358. The van der Waals surface area contributed by atoms with Gasteiger partial charge in [-0.1, -0.05) is 11.6 Å². The van der Waals surface area contributed by atoms with Crippen LogP contribution in [0.5, 0.6) is 5.75 Å². The molecule has 6 heteroatoms. The van der Waals surface area contributed by atoms with Gasteiger partial charge in [-0.3, -0.25) is 0 Å². The third kappa shape index (κ3) is 3.51. The zero-order valence-electron chi connectivity index (χ0n) is 9.71. The van der Waals surface area contributed by atoms with Crippen molar-refractivity contribution in [3.8, 4) is 5.75 Å². The summed E-state index contributed by atoms with van der Waals surface area (Å²) in [4.78, 5) is 11.3. The van der Waals surface area contributed by atoms with Gasteiger partial charge in [0.25, 0.3) is 0 Å². The first-order chi connectivity index (χ1) is 7.99. The van der Waals surface area contributed by atoms with E-state index in [2.05, 4.69) is 26.0 Å². The maximum absolute atomic E-state index is 11.3. The predicted molar refractivity (Wildman–Crippen MR) is 70.8 cm³/mol. The van der Waals surface area contributed by atoms with Crippen LogP contribution in [-0.2, 0) is 9.53 Å². The summed E-state index contributed by atoms with van der Waals surface area (Å²) in [6.07, 6.45) is 0. The average Bonchev–Trinajstić information content (AvgIpc) is 2.27. The van der Waals surface area contributed by atoms with E-state index in [0.29, 0.717) is 20.9 Å². The van der Waals surface area contributed by atoms with Gasteiger partial charge in [0.2, 0.25) is 0 Å². The SMILES string of the molecule is COC(=O)C(C)Nc1cc(Cl)cc(Br)c1OC. The van der Waals surface area contributed by atoms with Crippen LogP contribution in [0.15, 0.2) is 16.6 Å². The molecule has 1 unspecified atom stereocenters. The quantitative estimate of drug-likeness (QED) is 0.865. The molecule has 1 atom stereocenters. The van der Waals surface area contributed by atoms with Crippen LogP contribution in [0.3, 0.4) is 0 Å². The van der Waals surface area contributed by atoms with Gasteiger partial charge in [0.1, 0.15) is 6.04 Å². The molecular weight excluding hydrogens is 309 g/mol. The van der Waals surface area contributed by atoms with Crippen LogP contribution in [0.25, 0.3) is 0 Å². The summed E-state index contributed by atoms with van der Waals surface area (Å²) in [5.74, 6) is 0.230. The van der Waals surface area contributed by atoms with E-state index >= 15 is 0 Å². The molecule has 0 bridgehead atoms. The van der Waals surface area contributed by atoms with Gasteiger partial charge < -0.3 is 14.8 Å². The number of hydrogen-bond acceptors (Lipinski definition) is 4. The summed E-state index contributed by atoms with van der Waals surface area (Å²) < 4.78 is 10.6. The second kappa shape index (κ2) is 6.12. The second-order valence-electron chi connectivity index (χ2n) is 3.36. The highest BCUT2D eigenvalue weighted by atomic mass is 79.9. The van der Waals surface area contributed by atoms with Crippen LogP contribution in [0.2, 0.25) is 5.02 Å². The number of ether oxygens (including phenoxy) is 2. The van der Waals surface area contributed by atoms with Crippen molar-refractivity contribution < 1.29 is 14.3 Å². The first kappa shape index (κ1) is 14.1. The Bertz CT molecular complexity index is 425. The van der Waals surface area contributed by atoms with Crippen LogP contribution in [0.1, 0.15) is 6.92 Å². The van der Waals surface area contributed by atoms with Gasteiger partial charge in [-0.05, 0) is 35.0 Å². The third-order valence-corrected chi connectivity index (χ3v) is 2.95. The molecule has 0 aliphatic rings. The standard InChI is InChI=1S/C11H13BrClNO3/c1-6(11(15)17-3)14-9-5-7(13)4-8(12)10(9)16-2/h4-6,14H,1-3H3. The maximum atomic E-state index is 11.3. The molecule has 1 N–H and O–H groups in total. The molecule has 0 spiro atoms. The van der Waals surface area contributed by atoms with Gasteiger partial charge in [-0.15, -0.1) is 0 Å². The van der Waals surface area contributed by atoms with Crippen molar-refractivity contribution in [1.82, 2.24) is 0 Å². The molecule has 0 aromatic heterocycles. The van der Waals surface area contributed by atoms with E-state index in [1.54, 1.807) is 26.2 Å². The molecule has 1 aromatic carbocycles. The number of hydrogen-bond donors (Lipinski definition) is 1.